The first-order chi connectivity index (χ1) is 9.83. The molecule has 0 spiro atoms. The van der Waals surface area contributed by atoms with Gasteiger partial charge in [-0.15, -0.1) is 0 Å². The zero-order valence-corrected chi connectivity index (χ0v) is 11.6. The number of hydrogen-bond acceptors (Lipinski definition) is 1. The largest absolute Gasteiger partial charge is 0.293 e. The molecule has 1 atom stereocenters. The van der Waals surface area contributed by atoms with Crippen molar-refractivity contribution in [2.45, 2.75) is 38.0 Å². The van der Waals surface area contributed by atoms with E-state index in [0.29, 0.717) is 5.78 Å². The summed E-state index contributed by atoms with van der Waals surface area (Å²) in [6.07, 6.45) is 5.77. The smallest absolute Gasteiger partial charge is 0.170 e. The van der Waals surface area contributed by atoms with Crippen molar-refractivity contribution in [1.29, 1.82) is 0 Å². The lowest BCUT2D eigenvalue weighted by Crippen LogP contribution is -2.25. The van der Waals surface area contributed by atoms with Gasteiger partial charge in [-0.3, -0.25) is 4.79 Å². The monoisotopic (exact) mass is 262 g/mol. The summed E-state index contributed by atoms with van der Waals surface area (Å²) in [6.45, 7) is 0. The zero-order valence-electron chi connectivity index (χ0n) is 11.6. The summed E-state index contributed by atoms with van der Waals surface area (Å²) >= 11 is 0. The summed E-state index contributed by atoms with van der Waals surface area (Å²) in [5, 5.41) is 0. The number of benzene rings is 2. The molecular formula is C19H18O. The molecule has 2 aliphatic rings. The normalized spacial score (nSPS) is 19.7. The third kappa shape index (κ3) is 1.81. The predicted molar refractivity (Wildman–Crippen MR) is 80.3 cm³/mol. The summed E-state index contributed by atoms with van der Waals surface area (Å²) in [4.78, 5) is 12.7. The van der Waals surface area contributed by atoms with Crippen molar-refractivity contribution in [3.63, 3.8) is 0 Å². The summed E-state index contributed by atoms with van der Waals surface area (Å²) in [5.41, 5.74) is 6.32. The number of ketones is 1. The first-order valence-corrected chi connectivity index (χ1v) is 7.57. The van der Waals surface area contributed by atoms with Gasteiger partial charge in [-0.25, -0.2) is 0 Å². The molecule has 4 rings (SSSR count). The molecule has 0 fully saturated rings. The maximum Gasteiger partial charge on any atom is 0.170 e. The van der Waals surface area contributed by atoms with Gasteiger partial charge in [-0.1, -0.05) is 36.4 Å². The van der Waals surface area contributed by atoms with Gasteiger partial charge < -0.3 is 0 Å². The van der Waals surface area contributed by atoms with Crippen molar-refractivity contribution in [2.24, 2.45) is 0 Å². The fraction of sp³-hybridized carbons (Fsp3) is 0.316. The van der Waals surface area contributed by atoms with Crippen LogP contribution in [0.1, 0.15) is 51.4 Å². The number of fused-ring (bicyclic) bond motifs is 2. The molecule has 1 heteroatoms. The van der Waals surface area contributed by atoms with Crippen LogP contribution in [0.3, 0.4) is 0 Å². The third-order valence-corrected chi connectivity index (χ3v) is 4.80. The number of carbonyl (C=O) groups excluding carboxylic acids is 1. The first kappa shape index (κ1) is 11.9. The molecule has 0 bridgehead atoms. The molecule has 0 radical (unpaired) electrons. The van der Waals surface area contributed by atoms with E-state index in [0.717, 1.165) is 18.4 Å². The number of hydrogen-bond donors (Lipinski definition) is 0. The highest BCUT2D eigenvalue weighted by molar-refractivity contribution is 6.02. The lowest BCUT2D eigenvalue weighted by molar-refractivity contribution is 0.0949. The number of Topliss-reactive ketones (excluding diaryl/α,β-unsaturated/α-hetero) is 1. The Kier molecular flexibility index (Phi) is 2.73. The van der Waals surface area contributed by atoms with Crippen LogP contribution in [0.25, 0.3) is 0 Å². The second-order valence-corrected chi connectivity index (χ2v) is 6.01. The summed E-state index contributed by atoms with van der Waals surface area (Å²) in [5.74, 6) is 0.393. The van der Waals surface area contributed by atoms with Crippen molar-refractivity contribution in [2.75, 3.05) is 0 Å². The van der Waals surface area contributed by atoms with Crippen LogP contribution in [0.5, 0.6) is 0 Å². The van der Waals surface area contributed by atoms with Gasteiger partial charge in [0.1, 0.15) is 0 Å². The fourth-order valence-electron chi connectivity index (χ4n) is 3.58. The second kappa shape index (κ2) is 4.59. The molecule has 20 heavy (non-hydrogen) atoms. The standard InChI is InChI=1S/C19H18O/c20-19(18-12-15-7-3-4-8-17(15)18)16-10-9-13-5-1-2-6-14(13)11-16/h3-4,7-11,18H,1-2,5-6,12H2. The van der Waals surface area contributed by atoms with Crippen molar-refractivity contribution < 1.29 is 4.79 Å². The number of carbonyl (C=O) groups is 1. The van der Waals surface area contributed by atoms with Crippen LogP contribution in [0.2, 0.25) is 0 Å². The molecule has 0 N–H and O–H groups in total. The fourth-order valence-corrected chi connectivity index (χ4v) is 3.58. The van der Waals surface area contributed by atoms with Gasteiger partial charge >= 0.3 is 0 Å². The van der Waals surface area contributed by atoms with Gasteiger partial charge in [0.15, 0.2) is 5.78 Å². The van der Waals surface area contributed by atoms with Gasteiger partial charge in [-0.05, 0) is 60.4 Å². The number of rotatable bonds is 2. The van der Waals surface area contributed by atoms with Crippen LogP contribution in [0.4, 0.5) is 0 Å². The maximum absolute atomic E-state index is 12.7. The summed E-state index contributed by atoms with van der Waals surface area (Å²) in [7, 11) is 0. The van der Waals surface area contributed by atoms with E-state index in [9.17, 15) is 4.79 Å². The molecule has 0 aromatic heterocycles. The zero-order chi connectivity index (χ0) is 13.5. The van der Waals surface area contributed by atoms with E-state index in [2.05, 4.69) is 30.3 Å². The van der Waals surface area contributed by atoms with Crippen LogP contribution in [0.15, 0.2) is 42.5 Å². The van der Waals surface area contributed by atoms with E-state index < -0.39 is 0 Å². The van der Waals surface area contributed by atoms with E-state index in [4.69, 9.17) is 0 Å². The topological polar surface area (TPSA) is 17.1 Å². The van der Waals surface area contributed by atoms with Crippen LogP contribution in [0, 0.1) is 0 Å². The van der Waals surface area contributed by atoms with Crippen molar-refractivity contribution in [3.8, 4) is 0 Å². The molecule has 0 saturated carbocycles. The number of aryl methyl sites for hydroxylation is 2. The molecular weight excluding hydrogens is 244 g/mol. The van der Waals surface area contributed by atoms with E-state index in [1.54, 1.807) is 0 Å². The Hall–Kier alpha value is -1.89. The van der Waals surface area contributed by atoms with Crippen molar-refractivity contribution in [3.05, 3.63) is 70.3 Å². The van der Waals surface area contributed by atoms with E-state index in [-0.39, 0.29) is 5.92 Å². The van der Waals surface area contributed by atoms with Gasteiger partial charge in [0.05, 0.1) is 5.92 Å². The SMILES string of the molecule is O=C(c1ccc2c(c1)CCCC2)C1Cc2ccccc21. The van der Waals surface area contributed by atoms with Gasteiger partial charge in [0.25, 0.3) is 0 Å². The lowest BCUT2D eigenvalue weighted by Gasteiger charge is -2.29. The molecule has 0 saturated heterocycles. The Morgan fingerprint density at radius 3 is 2.55 bits per heavy atom. The molecule has 2 aromatic rings. The Morgan fingerprint density at radius 1 is 0.900 bits per heavy atom. The van der Waals surface area contributed by atoms with Crippen LogP contribution in [-0.4, -0.2) is 5.78 Å². The molecule has 100 valence electrons. The molecule has 1 nitrogen and oxygen atoms in total. The van der Waals surface area contributed by atoms with Gasteiger partial charge in [-0.2, -0.15) is 0 Å². The average Bonchev–Trinajstić information content (AvgIpc) is 2.48. The summed E-state index contributed by atoms with van der Waals surface area (Å²) < 4.78 is 0. The lowest BCUT2D eigenvalue weighted by atomic mass is 9.73. The van der Waals surface area contributed by atoms with Crippen LogP contribution < -0.4 is 0 Å². The quantitative estimate of drug-likeness (QED) is 0.745. The Balaban J connectivity index is 1.64. The highest BCUT2D eigenvalue weighted by Gasteiger charge is 2.32. The third-order valence-electron chi connectivity index (χ3n) is 4.80. The predicted octanol–water partition coefficient (Wildman–Crippen LogP) is 4.09. The van der Waals surface area contributed by atoms with E-state index in [1.165, 1.54) is 41.5 Å². The first-order valence-electron chi connectivity index (χ1n) is 7.57. The van der Waals surface area contributed by atoms with Crippen LogP contribution >= 0.6 is 0 Å². The molecule has 1 unspecified atom stereocenters. The van der Waals surface area contributed by atoms with E-state index in [1.807, 2.05) is 12.1 Å². The summed E-state index contributed by atoms with van der Waals surface area (Å²) in [6, 6.07) is 14.7. The van der Waals surface area contributed by atoms with Crippen molar-refractivity contribution >= 4 is 5.78 Å². The van der Waals surface area contributed by atoms with Gasteiger partial charge in [0, 0.05) is 5.56 Å². The highest BCUT2D eigenvalue weighted by atomic mass is 16.1. The molecule has 2 aliphatic carbocycles. The minimum absolute atomic E-state index is 0.0906. The average molecular weight is 262 g/mol. The molecule has 0 amide bonds. The highest BCUT2D eigenvalue weighted by Crippen LogP contribution is 2.37. The molecule has 0 aliphatic heterocycles. The Labute approximate surface area is 119 Å². The van der Waals surface area contributed by atoms with Crippen LogP contribution in [-0.2, 0) is 19.3 Å². The van der Waals surface area contributed by atoms with E-state index >= 15 is 0 Å². The molecule has 0 heterocycles. The molecule has 2 aromatic carbocycles. The maximum atomic E-state index is 12.7. The Morgan fingerprint density at radius 2 is 1.70 bits per heavy atom. The Bertz CT molecular complexity index is 684. The minimum Gasteiger partial charge on any atom is -0.293 e. The van der Waals surface area contributed by atoms with Gasteiger partial charge in [0.2, 0.25) is 0 Å². The second-order valence-electron chi connectivity index (χ2n) is 6.01. The van der Waals surface area contributed by atoms with Crippen molar-refractivity contribution in [1.82, 2.24) is 0 Å². The minimum atomic E-state index is 0.0906.